The number of aryl methyl sites for hydroxylation is 2. The van der Waals surface area contributed by atoms with E-state index in [0.717, 1.165) is 46.0 Å². The van der Waals surface area contributed by atoms with E-state index < -0.39 is 0 Å². The standard InChI is InChI=1S/C26H30N4O2S/c1-4-12-29(15-25(31)28-22-8-6-5-7-18(22)2)16-26(32)30-13-11-21-14-20(9-10-24(21)30)23-17-33-19(3)27-23/h5-10,14,17H,4,11-13,15-16H2,1-3H3,(H,28,31). The number of rotatable bonds is 8. The van der Waals surface area contributed by atoms with Gasteiger partial charge in [-0.3, -0.25) is 14.5 Å². The molecule has 0 radical (unpaired) electrons. The van der Waals surface area contributed by atoms with Crippen molar-refractivity contribution in [3.8, 4) is 11.3 Å². The fourth-order valence-corrected chi connectivity index (χ4v) is 4.85. The first-order valence-electron chi connectivity index (χ1n) is 11.4. The molecule has 0 atom stereocenters. The number of hydrogen-bond acceptors (Lipinski definition) is 5. The molecule has 0 unspecified atom stereocenters. The molecule has 0 saturated carbocycles. The number of thiazole rings is 1. The lowest BCUT2D eigenvalue weighted by Crippen LogP contribution is -2.43. The van der Waals surface area contributed by atoms with Crippen molar-refractivity contribution in [2.24, 2.45) is 0 Å². The highest BCUT2D eigenvalue weighted by atomic mass is 32.1. The van der Waals surface area contributed by atoms with Crippen LogP contribution in [0, 0.1) is 13.8 Å². The van der Waals surface area contributed by atoms with Crippen LogP contribution in [0.3, 0.4) is 0 Å². The molecule has 0 bridgehead atoms. The fourth-order valence-electron chi connectivity index (χ4n) is 4.23. The molecule has 4 rings (SSSR count). The molecule has 1 aliphatic heterocycles. The van der Waals surface area contributed by atoms with Crippen molar-refractivity contribution in [2.45, 2.75) is 33.6 Å². The van der Waals surface area contributed by atoms with Crippen molar-refractivity contribution in [3.63, 3.8) is 0 Å². The maximum Gasteiger partial charge on any atom is 0.241 e. The van der Waals surface area contributed by atoms with E-state index in [2.05, 4.69) is 28.7 Å². The van der Waals surface area contributed by atoms with Crippen LogP contribution in [-0.4, -0.2) is 47.9 Å². The molecule has 1 aromatic heterocycles. The molecule has 2 amide bonds. The minimum absolute atomic E-state index is 0.0307. The second-order valence-corrected chi connectivity index (χ2v) is 9.53. The van der Waals surface area contributed by atoms with Gasteiger partial charge in [-0.1, -0.05) is 31.2 Å². The van der Waals surface area contributed by atoms with E-state index >= 15 is 0 Å². The minimum atomic E-state index is -0.101. The molecule has 3 aromatic rings. The average Bonchev–Trinajstić information content (AvgIpc) is 3.41. The van der Waals surface area contributed by atoms with E-state index in [1.165, 1.54) is 5.56 Å². The summed E-state index contributed by atoms with van der Waals surface area (Å²) in [7, 11) is 0. The van der Waals surface area contributed by atoms with Gasteiger partial charge in [0.15, 0.2) is 0 Å². The highest BCUT2D eigenvalue weighted by Crippen LogP contribution is 2.32. The lowest BCUT2D eigenvalue weighted by atomic mass is 10.1. The van der Waals surface area contributed by atoms with E-state index in [9.17, 15) is 9.59 Å². The second-order valence-electron chi connectivity index (χ2n) is 8.46. The van der Waals surface area contributed by atoms with Gasteiger partial charge < -0.3 is 10.2 Å². The smallest absolute Gasteiger partial charge is 0.241 e. The van der Waals surface area contributed by atoms with E-state index in [1.807, 2.05) is 60.0 Å². The number of amides is 2. The SMILES string of the molecule is CCCN(CC(=O)Nc1ccccc1C)CC(=O)N1CCc2cc(-c3csc(C)n3)ccc21. The number of nitrogens with one attached hydrogen (secondary N) is 1. The van der Waals surface area contributed by atoms with Crippen molar-refractivity contribution in [1.82, 2.24) is 9.88 Å². The van der Waals surface area contributed by atoms with E-state index in [-0.39, 0.29) is 24.9 Å². The first-order chi connectivity index (χ1) is 15.9. The number of para-hydroxylation sites is 1. The molecule has 0 spiro atoms. The summed E-state index contributed by atoms with van der Waals surface area (Å²) in [6, 6.07) is 13.9. The number of benzene rings is 2. The monoisotopic (exact) mass is 462 g/mol. The van der Waals surface area contributed by atoms with Crippen molar-refractivity contribution < 1.29 is 9.59 Å². The number of aromatic nitrogens is 1. The molecule has 172 valence electrons. The summed E-state index contributed by atoms with van der Waals surface area (Å²) >= 11 is 1.64. The van der Waals surface area contributed by atoms with Crippen LogP contribution in [-0.2, 0) is 16.0 Å². The quantitative estimate of drug-likeness (QED) is 0.529. The van der Waals surface area contributed by atoms with Gasteiger partial charge in [0.05, 0.1) is 23.8 Å². The van der Waals surface area contributed by atoms with Gasteiger partial charge in [0.2, 0.25) is 11.8 Å². The normalized spacial score (nSPS) is 12.8. The Morgan fingerprint density at radius 2 is 1.97 bits per heavy atom. The Morgan fingerprint density at radius 1 is 1.15 bits per heavy atom. The fraction of sp³-hybridized carbons (Fsp3) is 0.346. The molecule has 0 aliphatic carbocycles. The lowest BCUT2D eigenvalue weighted by Gasteiger charge is -2.24. The number of hydrogen-bond donors (Lipinski definition) is 1. The third-order valence-corrected chi connectivity index (χ3v) is 6.65. The largest absolute Gasteiger partial charge is 0.325 e. The molecule has 33 heavy (non-hydrogen) atoms. The van der Waals surface area contributed by atoms with Crippen LogP contribution in [0.1, 0.15) is 29.5 Å². The van der Waals surface area contributed by atoms with Gasteiger partial charge >= 0.3 is 0 Å². The topological polar surface area (TPSA) is 65.5 Å². The third-order valence-electron chi connectivity index (χ3n) is 5.88. The second kappa shape index (κ2) is 10.3. The van der Waals surface area contributed by atoms with Gasteiger partial charge in [-0.15, -0.1) is 11.3 Å². The van der Waals surface area contributed by atoms with Gasteiger partial charge in [0.25, 0.3) is 0 Å². The number of anilines is 2. The summed E-state index contributed by atoms with van der Waals surface area (Å²) in [4.78, 5) is 34.2. The molecule has 7 heteroatoms. The van der Waals surface area contributed by atoms with E-state index in [1.54, 1.807) is 11.3 Å². The molecule has 6 nitrogen and oxygen atoms in total. The maximum atomic E-state index is 13.2. The van der Waals surface area contributed by atoms with E-state index in [4.69, 9.17) is 0 Å². The van der Waals surface area contributed by atoms with Crippen LogP contribution >= 0.6 is 11.3 Å². The van der Waals surface area contributed by atoms with Gasteiger partial charge in [-0.05, 0) is 62.6 Å². The Bertz CT molecular complexity index is 1160. The first kappa shape index (κ1) is 23.1. The van der Waals surface area contributed by atoms with Crippen LogP contribution in [0.5, 0.6) is 0 Å². The number of carbonyl (C=O) groups is 2. The maximum absolute atomic E-state index is 13.2. The lowest BCUT2D eigenvalue weighted by molar-refractivity contribution is -0.121. The molecule has 1 aliphatic rings. The van der Waals surface area contributed by atoms with Crippen molar-refractivity contribution in [1.29, 1.82) is 0 Å². The van der Waals surface area contributed by atoms with Crippen molar-refractivity contribution in [3.05, 3.63) is 64.0 Å². The summed E-state index contributed by atoms with van der Waals surface area (Å²) < 4.78 is 0. The highest BCUT2D eigenvalue weighted by Gasteiger charge is 2.27. The summed E-state index contributed by atoms with van der Waals surface area (Å²) in [5.41, 5.74) is 6.05. The average molecular weight is 463 g/mol. The van der Waals surface area contributed by atoms with Crippen LogP contribution in [0.25, 0.3) is 11.3 Å². The van der Waals surface area contributed by atoms with Gasteiger partial charge in [0, 0.05) is 28.9 Å². The predicted molar refractivity (Wildman–Crippen MR) is 135 cm³/mol. The third kappa shape index (κ3) is 5.49. The number of fused-ring (bicyclic) bond motifs is 1. The minimum Gasteiger partial charge on any atom is -0.325 e. The number of carbonyl (C=O) groups excluding carboxylic acids is 2. The highest BCUT2D eigenvalue weighted by molar-refractivity contribution is 7.09. The Hall–Kier alpha value is -3.03. The summed E-state index contributed by atoms with van der Waals surface area (Å²) in [5.74, 6) is -0.0706. The van der Waals surface area contributed by atoms with Crippen molar-refractivity contribution >= 4 is 34.5 Å². The van der Waals surface area contributed by atoms with Gasteiger partial charge in [0.1, 0.15) is 0 Å². The molecule has 2 heterocycles. The van der Waals surface area contributed by atoms with Crippen LogP contribution in [0.4, 0.5) is 11.4 Å². The molecule has 1 N–H and O–H groups in total. The van der Waals surface area contributed by atoms with Gasteiger partial charge in [-0.2, -0.15) is 0 Å². The van der Waals surface area contributed by atoms with E-state index in [0.29, 0.717) is 13.1 Å². The van der Waals surface area contributed by atoms with Crippen LogP contribution in [0.15, 0.2) is 47.8 Å². The molecule has 2 aromatic carbocycles. The Balaban J connectivity index is 1.41. The zero-order valence-corrected chi connectivity index (χ0v) is 20.2. The van der Waals surface area contributed by atoms with Crippen molar-refractivity contribution in [2.75, 3.05) is 36.4 Å². The Kier molecular flexibility index (Phi) is 7.20. The molecule has 0 saturated heterocycles. The first-order valence-corrected chi connectivity index (χ1v) is 12.3. The van der Waals surface area contributed by atoms with Crippen LogP contribution in [0.2, 0.25) is 0 Å². The zero-order chi connectivity index (χ0) is 23.4. The summed E-state index contributed by atoms with van der Waals surface area (Å²) in [6.07, 6.45) is 1.71. The summed E-state index contributed by atoms with van der Waals surface area (Å²) in [5, 5.41) is 6.09. The zero-order valence-electron chi connectivity index (χ0n) is 19.4. The Labute approximate surface area is 199 Å². The molecular formula is C26H30N4O2S. The molecule has 0 fully saturated rings. The number of nitrogens with zero attached hydrogens (tertiary/aromatic N) is 3. The molecular weight excluding hydrogens is 432 g/mol. The predicted octanol–water partition coefficient (Wildman–Crippen LogP) is 4.67. The Morgan fingerprint density at radius 3 is 2.70 bits per heavy atom. The van der Waals surface area contributed by atoms with Crippen LogP contribution < -0.4 is 10.2 Å². The van der Waals surface area contributed by atoms with Gasteiger partial charge in [-0.25, -0.2) is 4.98 Å². The summed E-state index contributed by atoms with van der Waals surface area (Å²) in [6.45, 7) is 7.81.